The summed E-state index contributed by atoms with van der Waals surface area (Å²) in [4.78, 5) is 14.4. The van der Waals surface area contributed by atoms with Gasteiger partial charge in [0.2, 0.25) is 0 Å². The molecule has 0 amide bonds. The topological polar surface area (TPSA) is 86.8 Å². The monoisotopic (exact) mass is 400 g/mol. The lowest BCUT2D eigenvalue weighted by molar-refractivity contribution is 0.452. The first-order chi connectivity index (χ1) is 14.5. The molecule has 0 fully saturated rings. The number of rotatable bonds is 2. The fourth-order valence-electron chi connectivity index (χ4n) is 3.48. The Morgan fingerprint density at radius 1 is 1.07 bits per heavy atom. The lowest BCUT2D eigenvalue weighted by Gasteiger charge is -2.15. The summed E-state index contributed by atoms with van der Waals surface area (Å²) < 4.78 is 20.6. The van der Waals surface area contributed by atoms with Crippen molar-refractivity contribution in [2.24, 2.45) is 0 Å². The van der Waals surface area contributed by atoms with Crippen LogP contribution in [-0.2, 0) is 0 Å². The lowest BCUT2D eigenvalue weighted by atomic mass is 9.99. The van der Waals surface area contributed by atoms with Gasteiger partial charge in [0.1, 0.15) is 34.9 Å². The molecule has 0 unspecified atom stereocenters. The maximum Gasteiger partial charge on any atom is 0.138 e. The number of nitrogens with one attached hydrogen (secondary N) is 2. The summed E-state index contributed by atoms with van der Waals surface area (Å²) in [6.45, 7) is 5.58. The van der Waals surface area contributed by atoms with E-state index in [4.69, 9.17) is 4.74 Å². The molecule has 2 aromatic carbocycles. The number of hydrogen-bond acceptors (Lipinski definition) is 4. The van der Waals surface area contributed by atoms with Gasteiger partial charge in [0.15, 0.2) is 0 Å². The zero-order chi connectivity index (χ0) is 20.8. The van der Waals surface area contributed by atoms with E-state index in [-0.39, 0.29) is 16.9 Å². The average molecular weight is 400 g/mol. The summed E-state index contributed by atoms with van der Waals surface area (Å²) in [6, 6.07) is 10.1. The molecule has 0 radical (unpaired) electrons. The molecule has 1 aliphatic heterocycles. The standard InChI is InChI=1S/C23H17FN4O2/c1-12-25-9-20(27-12)14-3-5-16(19(24)7-14)18-11-30-22-8-15(4-6-17(22)23(18)29)21-10-26-13(2)28-21/h3-11,28-29H,2H2,1H3,(H,25,27). The number of hydrogen-bond donors (Lipinski definition) is 3. The normalized spacial score (nSPS) is 14.2. The SMILES string of the molecule is C=c1ncc(=c2ccc3c(c2)OC=C(c2ccc(-c4cnc(C)[nH]4)cc2F)C=3O)[nH]1. The number of aromatic nitrogens is 4. The Hall–Kier alpha value is -4.13. The van der Waals surface area contributed by atoms with Crippen molar-refractivity contribution in [3.8, 4) is 17.0 Å². The van der Waals surface area contributed by atoms with Gasteiger partial charge in [-0.3, -0.25) is 0 Å². The minimum Gasteiger partial charge on any atom is -0.506 e. The van der Waals surface area contributed by atoms with Gasteiger partial charge in [0.25, 0.3) is 0 Å². The predicted octanol–water partition coefficient (Wildman–Crippen LogP) is 3.04. The van der Waals surface area contributed by atoms with E-state index in [9.17, 15) is 9.50 Å². The highest BCUT2D eigenvalue weighted by Gasteiger charge is 2.19. The van der Waals surface area contributed by atoms with Crippen molar-refractivity contribution < 1.29 is 14.2 Å². The Morgan fingerprint density at radius 3 is 2.63 bits per heavy atom. The second-order valence-electron chi connectivity index (χ2n) is 7.03. The van der Waals surface area contributed by atoms with Gasteiger partial charge in [-0.15, -0.1) is 0 Å². The van der Waals surface area contributed by atoms with Crippen LogP contribution < -0.4 is 15.4 Å². The molecular formula is C23H17FN4O2. The van der Waals surface area contributed by atoms with Crippen LogP contribution in [0.1, 0.15) is 11.4 Å². The maximum absolute atomic E-state index is 14.9. The molecule has 0 saturated carbocycles. The lowest BCUT2D eigenvalue weighted by Crippen LogP contribution is -2.16. The maximum atomic E-state index is 14.9. The largest absolute Gasteiger partial charge is 0.506 e. The van der Waals surface area contributed by atoms with E-state index in [1.165, 1.54) is 12.3 Å². The van der Waals surface area contributed by atoms with Crippen LogP contribution in [0.2, 0.25) is 0 Å². The quantitative estimate of drug-likeness (QED) is 0.483. The highest BCUT2D eigenvalue weighted by molar-refractivity contribution is 5.95. The third kappa shape index (κ3) is 2.97. The molecule has 5 rings (SSSR count). The van der Waals surface area contributed by atoms with Gasteiger partial charge in [-0.2, -0.15) is 0 Å². The van der Waals surface area contributed by atoms with Crippen LogP contribution in [0, 0.1) is 23.3 Å². The highest BCUT2D eigenvalue weighted by Crippen LogP contribution is 2.30. The third-order valence-electron chi connectivity index (χ3n) is 5.01. The Balaban J connectivity index is 1.59. The minimum atomic E-state index is -0.471. The summed E-state index contributed by atoms with van der Waals surface area (Å²) in [7, 11) is 0. The van der Waals surface area contributed by atoms with E-state index < -0.39 is 5.82 Å². The number of aliphatic hydroxyl groups excluding tert-OH is 1. The number of aromatic amines is 2. The van der Waals surface area contributed by atoms with Gasteiger partial charge in [-0.1, -0.05) is 24.8 Å². The van der Waals surface area contributed by atoms with Crippen molar-refractivity contribution in [2.45, 2.75) is 6.92 Å². The molecule has 3 heterocycles. The number of H-pyrrole nitrogens is 2. The molecule has 0 spiro atoms. The smallest absolute Gasteiger partial charge is 0.138 e. The van der Waals surface area contributed by atoms with E-state index in [0.717, 1.165) is 22.1 Å². The van der Waals surface area contributed by atoms with Crippen LogP contribution >= 0.6 is 0 Å². The number of ether oxygens (including phenoxy) is 1. The third-order valence-corrected chi connectivity index (χ3v) is 5.01. The summed E-state index contributed by atoms with van der Waals surface area (Å²) in [6.07, 6.45) is 4.69. The van der Waals surface area contributed by atoms with Gasteiger partial charge in [0, 0.05) is 16.3 Å². The van der Waals surface area contributed by atoms with Crippen LogP contribution in [0.15, 0.2) is 55.1 Å². The zero-order valence-corrected chi connectivity index (χ0v) is 16.0. The molecule has 3 N–H and O–H groups in total. The first kappa shape index (κ1) is 17.9. The number of nitrogens with zero attached hydrogens (tertiary/aromatic N) is 2. The zero-order valence-electron chi connectivity index (χ0n) is 16.0. The van der Waals surface area contributed by atoms with Gasteiger partial charge >= 0.3 is 0 Å². The summed E-state index contributed by atoms with van der Waals surface area (Å²) in [5.74, 6) is 0.705. The highest BCUT2D eigenvalue weighted by atomic mass is 19.1. The van der Waals surface area contributed by atoms with E-state index in [1.807, 2.05) is 13.0 Å². The summed E-state index contributed by atoms with van der Waals surface area (Å²) >= 11 is 0. The molecule has 0 aliphatic carbocycles. The van der Waals surface area contributed by atoms with Gasteiger partial charge in [-0.25, -0.2) is 14.4 Å². The summed E-state index contributed by atoms with van der Waals surface area (Å²) in [5.41, 5.74) is 2.48. The van der Waals surface area contributed by atoms with Crippen LogP contribution in [-0.4, -0.2) is 25.0 Å². The number of aliphatic hydroxyl groups is 1. The fraction of sp³-hybridized carbons (Fsp3) is 0.0435. The van der Waals surface area contributed by atoms with Crippen LogP contribution in [0.3, 0.4) is 0 Å². The molecule has 148 valence electrons. The van der Waals surface area contributed by atoms with Crippen molar-refractivity contribution in [3.63, 3.8) is 0 Å². The van der Waals surface area contributed by atoms with Gasteiger partial charge in [-0.05, 0) is 25.1 Å². The molecule has 6 nitrogen and oxygen atoms in total. The molecule has 1 aliphatic rings. The van der Waals surface area contributed by atoms with Crippen molar-refractivity contribution in [3.05, 3.63) is 93.5 Å². The molecule has 7 heteroatoms. The Labute approximate surface area is 170 Å². The second-order valence-corrected chi connectivity index (χ2v) is 7.03. The summed E-state index contributed by atoms with van der Waals surface area (Å²) in [5, 5.41) is 12.9. The van der Waals surface area contributed by atoms with Crippen molar-refractivity contribution in [1.29, 1.82) is 0 Å². The van der Waals surface area contributed by atoms with Gasteiger partial charge < -0.3 is 19.8 Å². The van der Waals surface area contributed by atoms with E-state index in [0.29, 0.717) is 22.0 Å². The van der Waals surface area contributed by atoms with Crippen LogP contribution in [0.4, 0.5) is 4.39 Å². The predicted molar refractivity (Wildman–Crippen MR) is 111 cm³/mol. The first-order valence-electron chi connectivity index (χ1n) is 9.26. The Morgan fingerprint density at radius 2 is 1.93 bits per heavy atom. The minimum absolute atomic E-state index is 0.0470. The average Bonchev–Trinajstić information content (AvgIpc) is 3.37. The first-order valence-corrected chi connectivity index (χ1v) is 9.26. The van der Waals surface area contributed by atoms with E-state index >= 15 is 0 Å². The molecule has 2 aromatic heterocycles. The number of imidazole rings is 2. The number of aryl methyl sites for hydroxylation is 1. The van der Waals surface area contributed by atoms with Gasteiger partial charge in [0.05, 0.1) is 34.2 Å². The van der Waals surface area contributed by atoms with E-state index in [2.05, 4.69) is 26.5 Å². The second kappa shape index (κ2) is 6.73. The van der Waals surface area contributed by atoms with E-state index in [1.54, 1.807) is 36.7 Å². The molecular weight excluding hydrogens is 383 g/mol. The Kier molecular flexibility index (Phi) is 4.03. The molecule has 4 aromatic rings. The number of benzene rings is 2. The van der Waals surface area contributed by atoms with Crippen LogP contribution in [0.5, 0.6) is 5.75 Å². The fourth-order valence-corrected chi connectivity index (χ4v) is 3.48. The molecule has 30 heavy (non-hydrogen) atoms. The van der Waals surface area contributed by atoms with Crippen molar-refractivity contribution >= 4 is 17.9 Å². The Bertz CT molecular complexity index is 1530. The van der Waals surface area contributed by atoms with Crippen molar-refractivity contribution in [2.75, 3.05) is 0 Å². The number of fused-ring (bicyclic) bond motifs is 1. The van der Waals surface area contributed by atoms with Crippen LogP contribution in [0.25, 0.3) is 29.2 Å². The molecule has 0 atom stereocenters. The molecule has 0 bridgehead atoms. The number of halogens is 1. The molecule has 0 saturated heterocycles. The van der Waals surface area contributed by atoms with Crippen molar-refractivity contribution in [1.82, 2.24) is 19.9 Å².